The normalized spacial score (nSPS) is 12.4. The second-order valence-corrected chi connectivity index (χ2v) is 6.50. The van der Waals surface area contributed by atoms with Crippen molar-refractivity contribution in [3.8, 4) is 0 Å². The summed E-state index contributed by atoms with van der Waals surface area (Å²) in [5.41, 5.74) is 4.23. The van der Waals surface area contributed by atoms with E-state index < -0.39 is 0 Å². The molecule has 0 amide bonds. The second kappa shape index (κ2) is 7.56. The molecule has 2 nitrogen and oxygen atoms in total. The molecule has 2 aromatic rings. The Morgan fingerprint density at radius 3 is 2.38 bits per heavy atom. The Balaban J connectivity index is 2.13. The molecule has 0 saturated carbocycles. The van der Waals surface area contributed by atoms with Gasteiger partial charge in [0.05, 0.1) is 0 Å². The van der Waals surface area contributed by atoms with Crippen LogP contribution in [0.4, 0.5) is 4.39 Å². The Hall–Kier alpha value is -0.650. The summed E-state index contributed by atoms with van der Waals surface area (Å²) >= 11 is 15.3. The Morgan fingerprint density at radius 2 is 1.76 bits per heavy atom. The van der Waals surface area contributed by atoms with Crippen LogP contribution in [0, 0.1) is 5.82 Å². The van der Waals surface area contributed by atoms with Gasteiger partial charge in [0.25, 0.3) is 0 Å². The van der Waals surface area contributed by atoms with E-state index in [1.54, 1.807) is 24.3 Å². The molecule has 0 saturated heterocycles. The fourth-order valence-corrected chi connectivity index (χ4v) is 2.91. The summed E-state index contributed by atoms with van der Waals surface area (Å²) in [5.74, 6) is 5.32. The van der Waals surface area contributed by atoms with Crippen LogP contribution in [0.5, 0.6) is 0 Å². The summed E-state index contributed by atoms with van der Waals surface area (Å²) in [6.07, 6.45) is 1.05. The Bertz CT molecular complexity index is 584. The van der Waals surface area contributed by atoms with Crippen LogP contribution >= 0.6 is 39.1 Å². The molecule has 2 aromatic carbocycles. The average molecular weight is 392 g/mol. The number of hydrogen-bond acceptors (Lipinski definition) is 2. The third-order valence-electron chi connectivity index (χ3n) is 3.20. The lowest BCUT2D eigenvalue weighted by Crippen LogP contribution is -2.38. The highest BCUT2D eigenvalue weighted by molar-refractivity contribution is 9.10. The van der Waals surface area contributed by atoms with Gasteiger partial charge < -0.3 is 0 Å². The maximum atomic E-state index is 13.9. The van der Waals surface area contributed by atoms with Gasteiger partial charge in [0.15, 0.2) is 0 Å². The molecule has 1 atom stereocenters. The fourth-order valence-electron chi connectivity index (χ4n) is 2.10. The lowest BCUT2D eigenvalue weighted by atomic mass is 9.99. The topological polar surface area (TPSA) is 38.0 Å². The van der Waals surface area contributed by atoms with Gasteiger partial charge in [-0.1, -0.05) is 51.3 Å². The average Bonchev–Trinajstić information content (AvgIpc) is 2.43. The molecule has 1 unspecified atom stereocenters. The van der Waals surface area contributed by atoms with Crippen LogP contribution in [0.3, 0.4) is 0 Å². The first-order chi connectivity index (χ1) is 9.99. The molecular weight excluding hydrogens is 378 g/mol. The van der Waals surface area contributed by atoms with E-state index in [4.69, 9.17) is 29.0 Å². The summed E-state index contributed by atoms with van der Waals surface area (Å²) < 4.78 is 14.6. The molecule has 0 aliphatic rings. The van der Waals surface area contributed by atoms with Gasteiger partial charge in [0, 0.05) is 20.6 Å². The van der Waals surface area contributed by atoms with Crippen LogP contribution < -0.4 is 11.3 Å². The molecule has 0 aliphatic carbocycles. The van der Waals surface area contributed by atoms with Gasteiger partial charge >= 0.3 is 0 Å². The molecule has 0 aromatic heterocycles. The summed E-state index contributed by atoms with van der Waals surface area (Å²) in [4.78, 5) is 0. The highest BCUT2D eigenvalue weighted by Crippen LogP contribution is 2.23. The number of nitrogens with two attached hydrogens (primary N) is 1. The lowest BCUT2D eigenvalue weighted by Gasteiger charge is -2.17. The Kier molecular flexibility index (Phi) is 6.02. The Morgan fingerprint density at radius 1 is 1.10 bits per heavy atom. The first-order valence-electron chi connectivity index (χ1n) is 6.33. The fraction of sp³-hybridized carbons (Fsp3) is 0.200. The van der Waals surface area contributed by atoms with Gasteiger partial charge in [0.1, 0.15) is 5.82 Å². The van der Waals surface area contributed by atoms with Crippen molar-refractivity contribution in [1.29, 1.82) is 0 Å². The molecule has 112 valence electrons. The van der Waals surface area contributed by atoms with Gasteiger partial charge in [-0.25, -0.2) is 4.39 Å². The summed E-state index contributed by atoms with van der Waals surface area (Å²) in [6.45, 7) is 0. The van der Waals surface area contributed by atoms with Crippen molar-refractivity contribution in [2.24, 2.45) is 5.84 Å². The van der Waals surface area contributed by atoms with E-state index in [-0.39, 0.29) is 11.9 Å². The molecule has 3 N–H and O–H groups in total. The third-order valence-corrected chi connectivity index (χ3v) is 4.28. The number of nitrogens with one attached hydrogen (secondary N) is 1. The quantitative estimate of drug-likeness (QED) is 0.581. The van der Waals surface area contributed by atoms with Gasteiger partial charge in [-0.05, 0) is 48.2 Å². The van der Waals surface area contributed by atoms with E-state index in [9.17, 15) is 4.39 Å². The van der Waals surface area contributed by atoms with Crippen molar-refractivity contribution >= 4 is 39.1 Å². The van der Waals surface area contributed by atoms with E-state index in [1.807, 2.05) is 6.07 Å². The lowest BCUT2D eigenvalue weighted by molar-refractivity contribution is 0.506. The van der Waals surface area contributed by atoms with Crippen LogP contribution in [-0.2, 0) is 12.8 Å². The van der Waals surface area contributed by atoms with Crippen LogP contribution in [0.25, 0.3) is 0 Å². The van der Waals surface area contributed by atoms with Gasteiger partial charge in [-0.15, -0.1) is 0 Å². The number of rotatable bonds is 5. The molecule has 0 spiro atoms. The smallest absolute Gasteiger partial charge is 0.127 e. The van der Waals surface area contributed by atoms with Crippen molar-refractivity contribution in [3.05, 3.63) is 67.9 Å². The Labute approximate surface area is 141 Å². The van der Waals surface area contributed by atoms with Crippen molar-refractivity contribution in [2.75, 3.05) is 0 Å². The van der Waals surface area contributed by atoms with E-state index in [2.05, 4.69) is 21.4 Å². The van der Waals surface area contributed by atoms with E-state index in [1.165, 1.54) is 6.07 Å². The highest BCUT2D eigenvalue weighted by atomic mass is 79.9. The predicted octanol–water partition coefficient (Wildman–Crippen LogP) is 4.51. The number of halogens is 4. The molecule has 0 fully saturated rings. The van der Waals surface area contributed by atoms with E-state index >= 15 is 0 Å². The molecule has 6 heteroatoms. The molecule has 0 bridgehead atoms. The monoisotopic (exact) mass is 390 g/mol. The SMILES string of the molecule is NNC(Cc1ccc(Br)cc1F)Cc1ccc(Cl)cc1Cl. The molecule has 2 rings (SSSR count). The maximum absolute atomic E-state index is 13.9. The molecule has 0 heterocycles. The zero-order valence-electron chi connectivity index (χ0n) is 11.0. The van der Waals surface area contributed by atoms with Crippen LogP contribution in [0.1, 0.15) is 11.1 Å². The van der Waals surface area contributed by atoms with Crippen LogP contribution in [0.2, 0.25) is 10.0 Å². The first-order valence-corrected chi connectivity index (χ1v) is 7.88. The van der Waals surface area contributed by atoms with E-state index in [0.29, 0.717) is 32.9 Å². The zero-order valence-corrected chi connectivity index (χ0v) is 14.1. The van der Waals surface area contributed by atoms with Gasteiger partial charge in [-0.3, -0.25) is 11.3 Å². The summed E-state index contributed by atoms with van der Waals surface area (Å²) in [7, 11) is 0. The number of hydrazine groups is 1. The minimum absolute atomic E-state index is 0.126. The molecular formula is C15H14BrCl2FN2. The third kappa shape index (κ3) is 4.66. The second-order valence-electron chi connectivity index (χ2n) is 4.74. The maximum Gasteiger partial charge on any atom is 0.127 e. The van der Waals surface area contributed by atoms with Crippen molar-refractivity contribution in [3.63, 3.8) is 0 Å². The van der Waals surface area contributed by atoms with Crippen LogP contribution in [0.15, 0.2) is 40.9 Å². The largest absolute Gasteiger partial charge is 0.271 e. The highest BCUT2D eigenvalue weighted by Gasteiger charge is 2.14. The van der Waals surface area contributed by atoms with Crippen molar-refractivity contribution in [1.82, 2.24) is 5.43 Å². The zero-order chi connectivity index (χ0) is 15.4. The first kappa shape index (κ1) is 16.7. The number of benzene rings is 2. The number of hydrogen-bond donors (Lipinski definition) is 2. The summed E-state index contributed by atoms with van der Waals surface area (Å²) in [6, 6.07) is 10.2. The van der Waals surface area contributed by atoms with Gasteiger partial charge in [0.2, 0.25) is 0 Å². The molecule has 0 aliphatic heterocycles. The molecule has 21 heavy (non-hydrogen) atoms. The summed E-state index contributed by atoms with van der Waals surface area (Å²) in [5, 5.41) is 1.17. The molecule has 0 radical (unpaired) electrons. The minimum atomic E-state index is -0.258. The van der Waals surface area contributed by atoms with Gasteiger partial charge in [-0.2, -0.15) is 0 Å². The van der Waals surface area contributed by atoms with Crippen LogP contribution in [-0.4, -0.2) is 6.04 Å². The minimum Gasteiger partial charge on any atom is -0.271 e. The van der Waals surface area contributed by atoms with Crippen molar-refractivity contribution < 1.29 is 4.39 Å². The standard InChI is InChI=1S/C15H14BrCl2FN2/c16-11-3-1-10(15(19)7-11)6-13(21-20)5-9-2-4-12(17)8-14(9)18/h1-4,7-8,13,21H,5-6,20H2. The van der Waals surface area contributed by atoms with E-state index in [0.717, 1.165) is 5.56 Å². The van der Waals surface area contributed by atoms with Crippen molar-refractivity contribution in [2.45, 2.75) is 18.9 Å². The predicted molar refractivity (Wildman–Crippen MR) is 89.1 cm³/mol.